The summed E-state index contributed by atoms with van der Waals surface area (Å²) in [5.41, 5.74) is 1.99. The molecular weight excluding hydrogens is 662 g/mol. The van der Waals surface area contributed by atoms with Gasteiger partial charge in [0.25, 0.3) is 6.01 Å². The van der Waals surface area contributed by atoms with Crippen LogP contribution in [0.2, 0.25) is 5.02 Å². The molecule has 2 fully saturated rings. The number of nitrogens with zero attached hydrogens (tertiary/aromatic N) is 6. The van der Waals surface area contributed by atoms with E-state index in [2.05, 4.69) is 16.9 Å². The van der Waals surface area contributed by atoms with Crippen molar-refractivity contribution in [3.05, 3.63) is 53.3 Å². The molecule has 0 radical (unpaired) electrons. The number of piperidine rings is 1. The number of hydrogen-bond acceptors (Lipinski definition) is 9. The van der Waals surface area contributed by atoms with Gasteiger partial charge in [-0.1, -0.05) is 30.7 Å². The number of ether oxygens (including phenoxy) is 2. The summed E-state index contributed by atoms with van der Waals surface area (Å²) in [6, 6.07) is 11.3. The van der Waals surface area contributed by atoms with E-state index in [1.54, 1.807) is 36.4 Å². The minimum atomic E-state index is -3.91. The average Bonchev–Trinajstić information content (AvgIpc) is 3.77. The van der Waals surface area contributed by atoms with Crippen molar-refractivity contribution >= 4 is 62.4 Å². The van der Waals surface area contributed by atoms with Crippen molar-refractivity contribution in [2.45, 2.75) is 63.3 Å². The van der Waals surface area contributed by atoms with Gasteiger partial charge in [0.1, 0.15) is 23.2 Å². The Morgan fingerprint density at radius 3 is 2.76 bits per heavy atom. The van der Waals surface area contributed by atoms with Crippen molar-refractivity contribution in [3.63, 3.8) is 0 Å². The number of alkyl halides is 2. The zero-order chi connectivity index (χ0) is 34.0. The number of furan rings is 1. The minimum absolute atomic E-state index is 0.00967. The second kappa shape index (κ2) is 12.1. The molecule has 0 spiro atoms. The van der Waals surface area contributed by atoms with E-state index in [1.165, 1.54) is 4.90 Å². The van der Waals surface area contributed by atoms with Crippen LogP contribution in [0.5, 0.6) is 6.01 Å². The van der Waals surface area contributed by atoms with Gasteiger partial charge in [-0.2, -0.15) is 13.8 Å². The highest BCUT2D eigenvalue weighted by atomic mass is 35.5. The highest BCUT2D eigenvalue weighted by Gasteiger charge is 2.44. The molecule has 1 N–H and O–H groups in total. The Morgan fingerprint density at radius 1 is 1.10 bits per heavy atom. The number of carbonyl (C=O) groups is 2. The molecule has 256 valence electrons. The summed E-state index contributed by atoms with van der Waals surface area (Å²) in [6.45, 7) is 2.73. The second-order valence-electron chi connectivity index (χ2n) is 13.0. The lowest BCUT2D eigenvalue weighted by Gasteiger charge is -2.38. The maximum absolute atomic E-state index is 15.7. The molecule has 6 bridgehead atoms. The fourth-order valence-corrected chi connectivity index (χ4v) is 7.57. The average molecular weight is 695 g/mol. The molecule has 0 aliphatic carbocycles. The Balaban J connectivity index is 1.26. The summed E-state index contributed by atoms with van der Waals surface area (Å²) in [7, 11) is 0. The zero-order valence-corrected chi connectivity index (χ0v) is 27.3. The molecule has 0 saturated carbocycles. The molecule has 12 nitrogen and oxygen atoms in total. The molecule has 5 aromatic rings. The standard InChI is InChI=1S/C34H33ClF2N6O6/c1-18-16-41-12-11-23(18)43-24-10-9-19(35)14-22(24)38-33(43)48-20-15-25(31(45)46)42(17-20)30-29-28(21-6-2-3-7-26(21)49-29)39-32(40-30)34(36,37)47-13-5-4-8-27(41)44/h2-3,6-7,9-10,14,18,20,23,25H,4-5,8,11-13,15-17H2,1H3,(H,45,46)/t18-,20-,23-,25-/m0/s1. The maximum Gasteiger partial charge on any atom is 0.417 e. The van der Waals surface area contributed by atoms with E-state index < -0.39 is 30.0 Å². The number of carboxylic acids is 1. The normalized spacial score (nSPS) is 24.8. The van der Waals surface area contributed by atoms with Crippen LogP contribution in [-0.4, -0.2) is 79.8 Å². The van der Waals surface area contributed by atoms with Crippen LogP contribution in [0, 0.1) is 5.92 Å². The van der Waals surface area contributed by atoms with E-state index >= 15 is 8.78 Å². The fourth-order valence-electron chi connectivity index (χ4n) is 7.40. The van der Waals surface area contributed by atoms with E-state index in [1.807, 2.05) is 15.5 Å². The van der Waals surface area contributed by atoms with Gasteiger partial charge in [-0.3, -0.25) is 9.36 Å². The minimum Gasteiger partial charge on any atom is -0.480 e. The predicted molar refractivity (Wildman–Crippen MR) is 175 cm³/mol. The fraction of sp³-hybridized carbons (Fsp3) is 0.441. The number of carbonyl (C=O) groups excluding carboxylic acids is 1. The largest absolute Gasteiger partial charge is 0.480 e. The first-order valence-electron chi connectivity index (χ1n) is 16.4. The van der Waals surface area contributed by atoms with Gasteiger partial charge in [-0.15, -0.1) is 0 Å². The van der Waals surface area contributed by atoms with Gasteiger partial charge in [-0.05, 0) is 55.5 Å². The van der Waals surface area contributed by atoms with Crippen LogP contribution < -0.4 is 9.64 Å². The van der Waals surface area contributed by atoms with Crippen LogP contribution in [0.1, 0.15) is 50.9 Å². The molecule has 7 heterocycles. The number of hydrogen-bond donors (Lipinski definition) is 1. The predicted octanol–water partition coefficient (Wildman–Crippen LogP) is 6.15. The smallest absolute Gasteiger partial charge is 0.417 e. The molecular formula is C34H33ClF2N6O6. The van der Waals surface area contributed by atoms with Crippen LogP contribution in [0.25, 0.3) is 33.1 Å². The van der Waals surface area contributed by atoms with Crippen molar-refractivity contribution in [1.82, 2.24) is 24.4 Å². The third-order valence-corrected chi connectivity index (χ3v) is 10.0. The van der Waals surface area contributed by atoms with Crippen LogP contribution in [0.4, 0.5) is 14.6 Å². The van der Waals surface area contributed by atoms with Crippen molar-refractivity contribution < 1.29 is 37.4 Å². The summed E-state index contributed by atoms with van der Waals surface area (Å²) < 4.78 is 51.1. The number of carboxylic acid groups (broad SMARTS) is 1. The lowest BCUT2D eigenvalue weighted by atomic mass is 9.93. The Hall–Kier alpha value is -4.56. The van der Waals surface area contributed by atoms with Gasteiger partial charge in [-0.25, -0.2) is 14.8 Å². The SMILES string of the molecule is C[C@H]1CN2CC[C@@H]1n1c(nc3cc(Cl)ccc31)O[C@H]1C[C@@H](C(=O)O)N(C1)c1nc(nc3c1oc1ccccc13)C(F)(F)OCCCCC2=O. The maximum atomic E-state index is 15.7. The molecule has 49 heavy (non-hydrogen) atoms. The van der Waals surface area contributed by atoms with Crippen molar-refractivity contribution in [3.8, 4) is 6.01 Å². The Bertz CT molecular complexity index is 2100. The zero-order valence-electron chi connectivity index (χ0n) is 26.5. The molecule has 2 saturated heterocycles. The summed E-state index contributed by atoms with van der Waals surface area (Å²) in [5, 5.41) is 11.4. The summed E-state index contributed by atoms with van der Waals surface area (Å²) >= 11 is 6.34. The van der Waals surface area contributed by atoms with E-state index in [0.29, 0.717) is 47.4 Å². The number of aromatic nitrogens is 4. The molecule has 3 aromatic heterocycles. The second-order valence-corrected chi connectivity index (χ2v) is 13.5. The van der Waals surface area contributed by atoms with E-state index in [-0.39, 0.29) is 73.2 Å². The van der Waals surface area contributed by atoms with Gasteiger partial charge >= 0.3 is 12.1 Å². The molecule has 4 atom stereocenters. The molecule has 9 rings (SSSR count). The quantitative estimate of drug-likeness (QED) is 0.218. The number of fused-ring (bicyclic) bond motifs is 12. The molecule has 4 aliphatic rings. The number of amides is 1. The van der Waals surface area contributed by atoms with Crippen LogP contribution in [0.15, 0.2) is 46.9 Å². The van der Waals surface area contributed by atoms with Gasteiger partial charge in [0.05, 0.1) is 24.2 Å². The van der Waals surface area contributed by atoms with Gasteiger partial charge in [0.15, 0.2) is 11.4 Å². The highest BCUT2D eigenvalue weighted by Crippen LogP contribution is 2.41. The Kier molecular flexibility index (Phi) is 7.82. The number of halogens is 3. The first-order chi connectivity index (χ1) is 23.6. The molecule has 2 aromatic carbocycles. The van der Waals surface area contributed by atoms with E-state index in [0.717, 1.165) is 5.52 Å². The summed E-state index contributed by atoms with van der Waals surface area (Å²) in [6.07, 6.45) is -3.20. The highest BCUT2D eigenvalue weighted by molar-refractivity contribution is 6.31. The van der Waals surface area contributed by atoms with Gasteiger partial charge in [0, 0.05) is 42.4 Å². The molecule has 0 unspecified atom stereocenters. The van der Waals surface area contributed by atoms with Crippen molar-refractivity contribution in [2.24, 2.45) is 5.92 Å². The first-order valence-corrected chi connectivity index (χ1v) is 16.8. The summed E-state index contributed by atoms with van der Waals surface area (Å²) in [5.74, 6) is -2.21. The number of benzene rings is 2. The lowest BCUT2D eigenvalue weighted by molar-refractivity contribution is -0.254. The van der Waals surface area contributed by atoms with Gasteiger partial charge < -0.3 is 28.8 Å². The first kappa shape index (κ1) is 31.7. The number of para-hydroxylation sites is 1. The number of imidazole rings is 1. The van der Waals surface area contributed by atoms with E-state index in [9.17, 15) is 14.7 Å². The number of aliphatic carboxylic acids is 1. The summed E-state index contributed by atoms with van der Waals surface area (Å²) in [4.78, 5) is 42.3. The topological polar surface area (TPSA) is 136 Å². The monoisotopic (exact) mass is 694 g/mol. The molecule has 4 aliphatic heterocycles. The third kappa shape index (κ3) is 5.60. The third-order valence-electron chi connectivity index (χ3n) is 9.79. The van der Waals surface area contributed by atoms with E-state index in [4.69, 9.17) is 30.5 Å². The van der Waals surface area contributed by atoms with Crippen LogP contribution >= 0.6 is 11.6 Å². The number of rotatable bonds is 1. The Labute approximate surface area is 283 Å². The van der Waals surface area contributed by atoms with Crippen molar-refractivity contribution in [1.29, 1.82) is 0 Å². The van der Waals surface area contributed by atoms with Crippen LogP contribution in [-0.2, 0) is 20.4 Å². The van der Waals surface area contributed by atoms with Crippen molar-refractivity contribution in [2.75, 3.05) is 31.1 Å². The molecule has 1 amide bonds. The molecule has 15 heteroatoms. The number of anilines is 1. The Morgan fingerprint density at radius 2 is 1.94 bits per heavy atom. The van der Waals surface area contributed by atoms with Crippen LogP contribution in [0.3, 0.4) is 0 Å². The van der Waals surface area contributed by atoms with Gasteiger partial charge in [0.2, 0.25) is 11.7 Å². The lowest BCUT2D eigenvalue weighted by Crippen LogP contribution is -2.43.